The Hall–Kier alpha value is -2.76. The summed E-state index contributed by atoms with van der Waals surface area (Å²) < 4.78 is 18.6. The predicted molar refractivity (Wildman–Crippen MR) is 106 cm³/mol. The Morgan fingerprint density at radius 1 is 1.18 bits per heavy atom. The molecule has 2 aromatic heterocycles. The van der Waals surface area contributed by atoms with Crippen LogP contribution in [0.5, 0.6) is 11.5 Å². The average molecular weight is 423 g/mol. The summed E-state index contributed by atoms with van der Waals surface area (Å²) in [6, 6.07) is 6.35. The molecule has 3 rings (SSSR count). The number of thiophene rings is 1. The van der Waals surface area contributed by atoms with E-state index in [2.05, 4.69) is 4.99 Å². The highest BCUT2D eigenvalue weighted by molar-refractivity contribution is 7.17. The molecular weight excluding hydrogens is 406 g/mol. The number of hydrogen-bond donors (Lipinski definition) is 0. The fraction of sp³-hybridized carbons (Fsp3) is 0.294. The molecule has 0 saturated heterocycles. The number of methoxy groups -OCH3 is 3. The molecule has 0 N–H and O–H groups in total. The quantitative estimate of drug-likeness (QED) is 0.427. The number of fused-ring (bicyclic) bond motifs is 1. The molecule has 1 amide bonds. The molecule has 9 nitrogen and oxygen atoms in total. The Morgan fingerprint density at radius 2 is 1.89 bits per heavy atom. The van der Waals surface area contributed by atoms with Gasteiger partial charge in [0.15, 0.2) is 16.3 Å². The second-order valence-electron chi connectivity index (χ2n) is 5.52. The third-order valence-electron chi connectivity index (χ3n) is 3.89. The number of hydrogen-bond acceptors (Lipinski definition) is 8. The maximum absolute atomic E-state index is 12.5. The minimum Gasteiger partial charge on any atom is -0.493 e. The van der Waals surface area contributed by atoms with E-state index in [9.17, 15) is 14.9 Å². The second-order valence-corrected chi connectivity index (χ2v) is 7.59. The van der Waals surface area contributed by atoms with Crippen molar-refractivity contribution in [2.24, 2.45) is 4.99 Å². The molecular formula is C17H17N3O6S2. The number of aromatic nitrogens is 1. The molecule has 0 unspecified atom stereocenters. The van der Waals surface area contributed by atoms with Crippen molar-refractivity contribution in [2.75, 3.05) is 27.9 Å². The van der Waals surface area contributed by atoms with Gasteiger partial charge < -0.3 is 18.8 Å². The molecule has 1 aromatic carbocycles. The smallest absolute Gasteiger partial charge is 0.324 e. The molecule has 0 bridgehead atoms. The summed E-state index contributed by atoms with van der Waals surface area (Å²) in [6.07, 6.45) is 0. The highest BCUT2D eigenvalue weighted by Crippen LogP contribution is 2.33. The highest BCUT2D eigenvalue weighted by Gasteiger charge is 2.17. The summed E-state index contributed by atoms with van der Waals surface area (Å²) in [4.78, 5) is 27.7. The van der Waals surface area contributed by atoms with Crippen LogP contribution >= 0.6 is 22.7 Å². The molecule has 0 spiro atoms. The second kappa shape index (κ2) is 8.50. The van der Waals surface area contributed by atoms with Gasteiger partial charge in [0.2, 0.25) is 0 Å². The van der Waals surface area contributed by atoms with Crippen LogP contribution in [0.15, 0.2) is 29.3 Å². The third kappa shape index (κ3) is 3.91. The van der Waals surface area contributed by atoms with Gasteiger partial charge in [0, 0.05) is 31.9 Å². The Balaban J connectivity index is 2.13. The van der Waals surface area contributed by atoms with Crippen LogP contribution in [0.3, 0.4) is 0 Å². The van der Waals surface area contributed by atoms with Crippen LogP contribution in [-0.2, 0) is 11.3 Å². The van der Waals surface area contributed by atoms with Gasteiger partial charge in [-0.05, 0) is 6.07 Å². The monoisotopic (exact) mass is 423 g/mol. The largest absolute Gasteiger partial charge is 0.493 e. The molecule has 0 radical (unpaired) electrons. The zero-order valence-electron chi connectivity index (χ0n) is 15.3. The molecule has 0 saturated carbocycles. The van der Waals surface area contributed by atoms with Crippen LogP contribution in [-0.4, -0.2) is 43.3 Å². The zero-order chi connectivity index (χ0) is 20.3. The van der Waals surface area contributed by atoms with Gasteiger partial charge in [-0.25, -0.2) is 0 Å². The van der Waals surface area contributed by atoms with Crippen molar-refractivity contribution in [2.45, 2.75) is 6.54 Å². The van der Waals surface area contributed by atoms with E-state index in [1.165, 1.54) is 23.5 Å². The lowest BCUT2D eigenvalue weighted by Gasteiger charge is -2.09. The first kappa shape index (κ1) is 20.0. The van der Waals surface area contributed by atoms with Gasteiger partial charge >= 0.3 is 5.00 Å². The van der Waals surface area contributed by atoms with E-state index in [1.54, 1.807) is 21.3 Å². The lowest BCUT2D eigenvalue weighted by atomic mass is 10.3. The number of carbonyl (C=O) groups is 1. The molecule has 3 aromatic rings. The van der Waals surface area contributed by atoms with Crippen LogP contribution in [0.25, 0.3) is 10.2 Å². The molecule has 0 aliphatic rings. The van der Waals surface area contributed by atoms with Crippen molar-refractivity contribution >= 4 is 43.8 Å². The van der Waals surface area contributed by atoms with Crippen LogP contribution in [0.4, 0.5) is 5.00 Å². The average Bonchev–Trinajstić information content (AvgIpc) is 3.30. The first-order valence-electron chi connectivity index (χ1n) is 8.06. The van der Waals surface area contributed by atoms with E-state index in [1.807, 2.05) is 16.7 Å². The predicted octanol–water partition coefficient (Wildman–Crippen LogP) is 3.08. The SMILES string of the molecule is COCCn1c(=NC(=O)c2ccc([N+](=O)[O-])s2)sc2cc(OC)c(OC)cc21. The maximum atomic E-state index is 12.5. The molecule has 0 aliphatic heterocycles. The van der Waals surface area contributed by atoms with Crippen molar-refractivity contribution in [3.63, 3.8) is 0 Å². The Bertz CT molecular complexity index is 1100. The number of thiazole rings is 1. The number of amides is 1. The molecule has 0 aliphatic carbocycles. The summed E-state index contributed by atoms with van der Waals surface area (Å²) in [5.74, 6) is 0.599. The number of nitro groups is 1. The Kier molecular flexibility index (Phi) is 6.07. The standard InChI is InChI=1S/C17H17N3O6S2/c1-24-7-6-19-10-8-11(25-2)12(26-3)9-14(10)28-17(19)18-16(21)13-4-5-15(27-13)20(22)23/h4-5,8-9H,6-7H2,1-3H3. The minimum absolute atomic E-state index is 0.100. The first-order valence-corrected chi connectivity index (χ1v) is 9.69. The summed E-state index contributed by atoms with van der Waals surface area (Å²) in [7, 11) is 4.69. The van der Waals surface area contributed by atoms with Gasteiger partial charge in [0.1, 0.15) is 4.88 Å². The van der Waals surface area contributed by atoms with Gasteiger partial charge in [0.25, 0.3) is 5.91 Å². The molecule has 0 fully saturated rings. The summed E-state index contributed by atoms with van der Waals surface area (Å²) >= 11 is 2.11. The van der Waals surface area contributed by atoms with Crippen LogP contribution < -0.4 is 14.3 Å². The fourth-order valence-corrected chi connectivity index (χ4v) is 4.33. The zero-order valence-corrected chi connectivity index (χ0v) is 17.0. The van der Waals surface area contributed by atoms with Crippen LogP contribution in [0.2, 0.25) is 0 Å². The lowest BCUT2D eigenvalue weighted by molar-refractivity contribution is -0.380. The topological polar surface area (TPSA) is 105 Å². The fourth-order valence-electron chi connectivity index (χ4n) is 2.56. The number of carbonyl (C=O) groups excluding carboxylic acids is 1. The van der Waals surface area contributed by atoms with Gasteiger partial charge in [0.05, 0.1) is 36.0 Å². The molecule has 28 heavy (non-hydrogen) atoms. The van der Waals surface area contributed by atoms with E-state index in [-0.39, 0.29) is 9.88 Å². The van der Waals surface area contributed by atoms with Crippen LogP contribution in [0.1, 0.15) is 9.67 Å². The number of rotatable bonds is 7. The normalized spacial score (nSPS) is 11.8. The van der Waals surface area contributed by atoms with Crippen molar-refractivity contribution in [1.29, 1.82) is 0 Å². The first-order chi connectivity index (χ1) is 13.5. The highest BCUT2D eigenvalue weighted by atomic mass is 32.1. The van der Waals surface area contributed by atoms with E-state index < -0.39 is 10.8 Å². The van der Waals surface area contributed by atoms with Crippen molar-refractivity contribution in [3.8, 4) is 11.5 Å². The number of benzene rings is 1. The minimum atomic E-state index is -0.533. The van der Waals surface area contributed by atoms with E-state index >= 15 is 0 Å². The Morgan fingerprint density at radius 3 is 2.50 bits per heavy atom. The molecule has 148 valence electrons. The van der Waals surface area contributed by atoms with E-state index in [0.717, 1.165) is 21.6 Å². The van der Waals surface area contributed by atoms with Crippen molar-refractivity contribution < 1.29 is 23.9 Å². The van der Waals surface area contributed by atoms with E-state index in [0.29, 0.717) is 29.5 Å². The molecule has 0 atom stereocenters. The van der Waals surface area contributed by atoms with Crippen molar-refractivity contribution in [3.05, 3.63) is 44.1 Å². The van der Waals surface area contributed by atoms with E-state index in [4.69, 9.17) is 14.2 Å². The molecule has 11 heteroatoms. The number of ether oxygens (including phenoxy) is 3. The summed E-state index contributed by atoms with van der Waals surface area (Å²) in [6.45, 7) is 0.898. The van der Waals surface area contributed by atoms with Crippen molar-refractivity contribution in [1.82, 2.24) is 4.57 Å². The van der Waals surface area contributed by atoms with Gasteiger partial charge in [-0.15, -0.1) is 0 Å². The van der Waals surface area contributed by atoms with Crippen LogP contribution in [0, 0.1) is 10.1 Å². The van der Waals surface area contributed by atoms with Gasteiger partial charge in [-0.3, -0.25) is 14.9 Å². The van der Waals surface area contributed by atoms with Gasteiger partial charge in [-0.2, -0.15) is 4.99 Å². The summed E-state index contributed by atoms with van der Waals surface area (Å²) in [5.41, 5.74) is 0.823. The summed E-state index contributed by atoms with van der Waals surface area (Å²) in [5, 5.41) is 10.7. The lowest BCUT2D eigenvalue weighted by Crippen LogP contribution is -2.19. The third-order valence-corrected chi connectivity index (χ3v) is 5.95. The molecule has 2 heterocycles. The number of nitrogens with zero attached hydrogens (tertiary/aromatic N) is 3. The Labute approximate surface area is 167 Å². The van der Waals surface area contributed by atoms with Gasteiger partial charge in [-0.1, -0.05) is 22.7 Å². The maximum Gasteiger partial charge on any atom is 0.324 e.